The summed E-state index contributed by atoms with van der Waals surface area (Å²) in [5.41, 5.74) is 0.566. The molecular formula is C11H11BrN2O2. The molecule has 0 saturated heterocycles. The zero-order chi connectivity index (χ0) is 12.0. The number of ether oxygens (including phenoxy) is 1. The number of hydrogen-bond donors (Lipinski definition) is 1. The van der Waals surface area contributed by atoms with E-state index in [0.717, 1.165) is 4.47 Å². The molecule has 1 N–H and O–H groups in total. The number of carbonyl (C=O) groups is 1. The van der Waals surface area contributed by atoms with Gasteiger partial charge >= 0.3 is 0 Å². The van der Waals surface area contributed by atoms with Gasteiger partial charge in [0.05, 0.1) is 18.4 Å². The summed E-state index contributed by atoms with van der Waals surface area (Å²) in [7, 11) is 0. The molecule has 1 aromatic carbocycles. The second-order valence-electron chi connectivity index (χ2n) is 2.96. The van der Waals surface area contributed by atoms with Crippen molar-refractivity contribution in [2.75, 3.05) is 11.9 Å². The molecule has 0 heterocycles. The van der Waals surface area contributed by atoms with Crippen molar-refractivity contribution in [1.82, 2.24) is 0 Å². The number of nitrogens with one attached hydrogen (secondary N) is 1. The van der Waals surface area contributed by atoms with E-state index in [0.29, 0.717) is 18.0 Å². The van der Waals surface area contributed by atoms with Crippen LogP contribution in [0.3, 0.4) is 0 Å². The summed E-state index contributed by atoms with van der Waals surface area (Å²) in [6, 6.07) is 7.11. The van der Waals surface area contributed by atoms with Crippen LogP contribution < -0.4 is 10.1 Å². The van der Waals surface area contributed by atoms with Crippen LogP contribution in [0.1, 0.15) is 13.3 Å². The van der Waals surface area contributed by atoms with Crippen LogP contribution in [0.25, 0.3) is 0 Å². The predicted octanol–water partition coefficient (Wildman–Crippen LogP) is 2.70. The molecular weight excluding hydrogens is 272 g/mol. The molecule has 84 valence electrons. The smallest absolute Gasteiger partial charge is 0.238 e. The average Bonchev–Trinajstić information content (AvgIpc) is 2.22. The number of amides is 1. The first kappa shape index (κ1) is 12.5. The summed E-state index contributed by atoms with van der Waals surface area (Å²) in [6.07, 6.45) is -0.169. The number of rotatable bonds is 4. The standard InChI is InChI=1S/C11H11BrN2O2/c1-2-16-10-4-3-8(12)7-9(10)14-11(15)5-6-13/h3-4,7H,2,5H2,1H3,(H,14,15). The molecule has 16 heavy (non-hydrogen) atoms. The number of nitrogens with zero attached hydrogens (tertiary/aromatic N) is 1. The molecule has 0 atom stereocenters. The zero-order valence-electron chi connectivity index (χ0n) is 8.79. The molecule has 5 heteroatoms. The van der Waals surface area contributed by atoms with Crippen LogP contribution in [0.15, 0.2) is 22.7 Å². The Morgan fingerprint density at radius 2 is 2.38 bits per heavy atom. The topological polar surface area (TPSA) is 62.1 Å². The van der Waals surface area contributed by atoms with E-state index < -0.39 is 0 Å². The number of nitriles is 1. The summed E-state index contributed by atoms with van der Waals surface area (Å²) in [6.45, 7) is 2.38. The molecule has 0 radical (unpaired) electrons. The van der Waals surface area contributed by atoms with Crippen LogP contribution in [-0.2, 0) is 4.79 Å². The fourth-order valence-corrected chi connectivity index (χ4v) is 1.51. The largest absolute Gasteiger partial charge is 0.492 e. The minimum atomic E-state index is -0.346. The second-order valence-corrected chi connectivity index (χ2v) is 3.87. The molecule has 0 aliphatic heterocycles. The Hall–Kier alpha value is -1.54. The monoisotopic (exact) mass is 282 g/mol. The van der Waals surface area contributed by atoms with Crippen molar-refractivity contribution in [2.24, 2.45) is 0 Å². The van der Waals surface area contributed by atoms with E-state index in [1.54, 1.807) is 18.2 Å². The van der Waals surface area contributed by atoms with E-state index in [4.69, 9.17) is 10.00 Å². The van der Waals surface area contributed by atoms with E-state index in [1.165, 1.54) is 0 Å². The van der Waals surface area contributed by atoms with E-state index in [2.05, 4.69) is 21.2 Å². The van der Waals surface area contributed by atoms with Crippen molar-refractivity contribution in [2.45, 2.75) is 13.3 Å². The van der Waals surface area contributed by atoms with Gasteiger partial charge in [0.15, 0.2) is 0 Å². The second kappa shape index (κ2) is 6.13. The highest BCUT2D eigenvalue weighted by atomic mass is 79.9. The number of carbonyl (C=O) groups excluding carboxylic acids is 1. The maximum atomic E-state index is 11.3. The van der Waals surface area contributed by atoms with Gasteiger partial charge in [-0.1, -0.05) is 15.9 Å². The molecule has 0 unspecified atom stereocenters. The van der Waals surface area contributed by atoms with Gasteiger partial charge in [-0.2, -0.15) is 5.26 Å². The first-order valence-corrected chi connectivity index (χ1v) is 5.55. The fraction of sp³-hybridized carbons (Fsp3) is 0.273. The van der Waals surface area contributed by atoms with E-state index in [1.807, 2.05) is 13.0 Å². The Morgan fingerprint density at radius 3 is 3.00 bits per heavy atom. The normalized spacial score (nSPS) is 9.31. The highest BCUT2D eigenvalue weighted by Crippen LogP contribution is 2.28. The van der Waals surface area contributed by atoms with Gasteiger partial charge in [0.25, 0.3) is 0 Å². The van der Waals surface area contributed by atoms with Gasteiger partial charge < -0.3 is 10.1 Å². The van der Waals surface area contributed by atoms with Crippen molar-refractivity contribution < 1.29 is 9.53 Å². The number of hydrogen-bond acceptors (Lipinski definition) is 3. The Morgan fingerprint density at radius 1 is 1.62 bits per heavy atom. The highest BCUT2D eigenvalue weighted by molar-refractivity contribution is 9.10. The third-order valence-electron chi connectivity index (χ3n) is 1.76. The highest BCUT2D eigenvalue weighted by Gasteiger charge is 2.07. The Kier molecular flexibility index (Phi) is 4.80. The van der Waals surface area contributed by atoms with Gasteiger partial charge in [-0.25, -0.2) is 0 Å². The molecule has 0 fully saturated rings. The summed E-state index contributed by atoms with van der Waals surface area (Å²) in [4.78, 5) is 11.3. The molecule has 0 aromatic heterocycles. The summed E-state index contributed by atoms with van der Waals surface area (Å²) in [5.74, 6) is 0.249. The lowest BCUT2D eigenvalue weighted by molar-refractivity contribution is -0.115. The molecule has 0 aliphatic rings. The SMILES string of the molecule is CCOc1ccc(Br)cc1NC(=O)CC#N. The quantitative estimate of drug-likeness (QED) is 0.924. The molecule has 1 amide bonds. The van der Waals surface area contributed by atoms with Gasteiger partial charge in [0, 0.05) is 4.47 Å². The van der Waals surface area contributed by atoms with Gasteiger partial charge in [0.1, 0.15) is 12.2 Å². The maximum Gasteiger partial charge on any atom is 0.238 e. The Bertz CT molecular complexity index is 426. The van der Waals surface area contributed by atoms with Gasteiger partial charge in [-0.3, -0.25) is 4.79 Å². The lowest BCUT2D eigenvalue weighted by atomic mass is 10.3. The number of anilines is 1. The minimum Gasteiger partial charge on any atom is -0.492 e. The van der Waals surface area contributed by atoms with Crippen molar-refractivity contribution >= 4 is 27.5 Å². The average molecular weight is 283 g/mol. The molecule has 0 bridgehead atoms. The van der Waals surface area contributed by atoms with Crippen LogP contribution in [0, 0.1) is 11.3 Å². The molecule has 0 saturated carbocycles. The molecule has 0 spiro atoms. The van der Waals surface area contributed by atoms with Crippen LogP contribution in [0.5, 0.6) is 5.75 Å². The van der Waals surface area contributed by atoms with Gasteiger partial charge in [-0.05, 0) is 25.1 Å². The first-order chi connectivity index (χ1) is 7.67. The number of benzene rings is 1. The predicted molar refractivity (Wildman–Crippen MR) is 64.2 cm³/mol. The van der Waals surface area contributed by atoms with Crippen LogP contribution in [0.4, 0.5) is 5.69 Å². The van der Waals surface area contributed by atoms with E-state index in [9.17, 15) is 4.79 Å². The minimum absolute atomic E-state index is 0.169. The molecule has 0 aliphatic carbocycles. The number of halogens is 1. The Labute approximate surface area is 102 Å². The lowest BCUT2D eigenvalue weighted by Gasteiger charge is -2.10. The molecule has 1 rings (SSSR count). The van der Waals surface area contributed by atoms with Gasteiger partial charge in [0.2, 0.25) is 5.91 Å². The third kappa shape index (κ3) is 3.55. The fourth-order valence-electron chi connectivity index (χ4n) is 1.15. The van der Waals surface area contributed by atoms with Crippen LogP contribution in [0.2, 0.25) is 0 Å². The maximum absolute atomic E-state index is 11.3. The van der Waals surface area contributed by atoms with Crippen molar-refractivity contribution in [3.8, 4) is 11.8 Å². The zero-order valence-corrected chi connectivity index (χ0v) is 10.4. The summed E-state index contributed by atoms with van der Waals surface area (Å²) >= 11 is 3.30. The van der Waals surface area contributed by atoms with Crippen LogP contribution >= 0.6 is 15.9 Å². The Balaban J connectivity index is 2.88. The van der Waals surface area contributed by atoms with Gasteiger partial charge in [-0.15, -0.1) is 0 Å². The lowest BCUT2D eigenvalue weighted by Crippen LogP contribution is -2.11. The summed E-state index contributed by atoms with van der Waals surface area (Å²) in [5, 5.41) is 11.0. The first-order valence-electron chi connectivity index (χ1n) is 4.76. The summed E-state index contributed by atoms with van der Waals surface area (Å²) < 4.78 is 6.19. The van der Waals surface area contributed by atoms with Crippen molar-refractivity contribution in [1.29, 1.82) is 5.26 Å². The van der Waals surface area contributed by atoms with E-state index >= 15 is 0 Å². The van der Waals surface area contributed by atoms with Crippen molar-refractivity contribution in [3.05, 3.63) is 22.7 Å². The third-order valence-corrected chi connectivity index (χ3v) is 2.25. The van der Waals surface area contributed by atoms with Crippen LogP contribution in [-0.4, -0.2) is 12.5 Å². The molecule has 1 aromatic rings. The van der Waals surface area contributed by atoms with E-state index in [-0.39, 0.29) is 12.3 Å². The van der Waals surface area contributed by atoms with Crippen molar-refractivity contribution in [3.63, 3.8) is 0 Å². The molecule has 4 nitrogen and oxygen atoms in total.